The van der Waals surface area contributed by atoms with Crippen molar-refractivity contribution in [3.8, 4) is 16.9 Å². The second-order valence-corrected chi connectivity index (χ2v) is 11.6. The Morgan fingerprint density at radius 1 is 1.16 bits per heavy atom. The first kappa shape index (κ1) is 30.9. The SMILES string of the molecule is CC(C)[C@H]1CN(C)CCN1c1cc(NC(=O)Cn2cc(-c3cc(C(N)=O)c(O)c(F)c3F)c3c(=O)n(C)cnc32)c(Cl)cn1. The minimum Gasteiger partial charge on any atom is -0.504 e. The van der Waals surface area contributed by atoms with Crippen molar-refractivity contribution >= 4 is 46.0 Å². The Labute approximate surface area is 255 Å². The van der Waals surface area contributed by atoms with E-state index in [0.717, 1.165) is 30.3 Å². The van der Waals surface area contributed by atoms with Crippen LogP contribution in [0.25, 0.3) is 22.2 Å². The molecule has 0 bridgehead atoms. The van der Waals surface area contributed by atoms with Crippen molar-refractivity contribution < 1.29 is 23.5 Å². The number of fused-ring (bicyclic) bond motifs is 1. The maximum atomic E-state index is 15.1. The lowest BCUT2D eigenvalue weighted by Crippen LogP contribution is -2.54. The van der Waals surface area contributed by atoms with Gasteiger partial charge in [-0.1, -0.05) is 25.4 Å². The number of halogens is 3. The Morgan fingerprint density at radius 2 is 1.89 bits per heavy atom. The van der Waals surface area contributed by atoms with Gasteiger partial charge in [0.1, 0.15) is 18.0 Å². The number of carbonyl (C=O) groups excluding carboxylic acids is 2. The van der Waals surface area contributed by atoms with E-state index in [1.54, 1.807) is 6.07 Å². The highest BCUT2D eigenvalue weighted by Crippen LogP contribution is 2.36. The van der Waals surface area contributed by atoms with Crippen LogP contribution in [-0.2, 0) is 18.4 Å². The molecule has 3 aromatic heterocycles. The first-order chi connectivity index (χ1) is 20.8. The number of nitrogens with one attached hydrogen (secondary N) is 1. The molecule has 5 rings (SSSR count). The van der Waals surface area contributed by atoms with Crippen LogP contribution >= 0.6 is 11.6 Å². The minimum atomic E-state index is -1.71. The number of hydrogen-bond donors (Lipinski definition) is 3. The van der Waals surface area contributed by atoms with Gasteiger partial charge in [0.2, 0.25) is 11.7 Å². The molecule has 1 aliphatic heterocycles. The number of hydrogen-bond acceptors (Lipinski definition) is 8. The summed E-state index contributed by atoms with van der Waals surface area (Å²) in [6, 6.07) is 2.75. The Bertz CT molecular complexity index is 1860. The number of rotatable bonds is 7. The molecule has 12 nitrogen and oxygen atoms in total. The van der Waals surface area contributed by atoms with E-state index in [1.165, 1.54) is 30.3 Å². The van der Waals surface area contributed by atoms with Crippen molar-refractivity contribution in [2.75, 3.05) is 36.9 Å². The number of phenols is 1. The predicted molar refractivity (Wildman–Crippen MR) is 162 cm³/mol. The quantitative estimate of drug-likeness (QED) is 0.283. The van der Waals surface area contributed by atoms with E-state index in [-0.39, 0.29) is 27.7 Å². The zero-order chi connectivity index (χ0) is 32.0. The van der Waals surface area contributed by atoms with Crippen LogP contribution in [0.4, 0.5) is 20.3 Å². The molecule has 0 spiro atoms. The van der Waals surface area contributed by atoms with Crippen LogP contribution in [-0.4, -0.2) is 73.6 Å². The molecule has 232 valence electrons. The summed E-state index contributed by atoms with van der Waals surface area (Å²) in [6.45, 7) is 6.33. The molecule has 0 aliphatic carbocycles. The average Bonchev–Trinajstić information content (AvgIpc) is 3.33. The van der Waals surface area contributed by atoms with Crippen LogP contribution in [0.1, 0.15) is 24.2 Å². The summed E-state index contributed by atoms with van der Waals surface area (Å²) in [5.41, 5.74) is 3.60. The molecular weight excluding hydrogens is 598 g/mol. The molecule has 1 fully saturated rings. The molecule has 4 heterocycles. The zero-order valence-electron chi connectivity index (χ0n) is 24.4. The van der Waals surface area contributed by atoms with E-state index in [1.807, 2.05) is 0 Å². The number of pyridine rings is 1. The standard InChI is InChI=1S/C29H31ClF2N8O4/c1-14(2)20-11-37(3)5-6-40(20)21-8-19(18(30)9-34-21)36-22(41)12-39-10-17(23-28(39)35-13-38(4)29(23)44)15-7-16(27(33)43)26(42)25(32)24(15)31/h7-10,13-14,20,42H,5-6,11-12H2,1-4H3,(H2,33,43)(H,34,36,41)/t20-/m1/s1. The smallest absolute Gasteiger partial charge is 0.263 e. The number of piperazine rings is 1. The van der Waals surface area contributed by atoms with Crippen LogP contribution in [0.5, 0.6) is 5.75 Å². The molecule has 2 amide bonds. The highest BCUT2D eigenvalue weighted by atomic mass is 35.5. The van der Waals surface area contributed by atoms with E-state index in [0.29, 0.717) is 17.4 Å². The van der Waals surface area contributed by atoms with Gasteiger partial charge in [0.25, 0.3) is 11.5 Å². The number of amides is 2. The number of likely N-dealkylation sites (N-methyl/N-ethyl adjacent to an activating group) is 1. The molecule has 0 saturated carbocycles. The highest BCUT2D eigenvalue weighted by molar-refractivity contribution is 6.33. The first-order valence-electron chi connectivity index (χ1n) is 13.7. The van der Waals surface area contributed by atoms with Gasteiger partial charge < -0.3 is 35.1 Å². The summed E-state index contributed by atoms with van der Waals surface area (Å²) in [5.74, 6) is -5.23. The van der Waals surface area contributed by atoms with Crippen LogP contribution in [0.15, 0.2) is 35.6 Å². The first-order valence-corrected chi connectivity index (χ1v) is 14.1. The second-order valence-electron chi connectivity index (χ2n) is 11.2. The van der Waals surface area contributed by atoms with Gasteiger partial charge in [0.05, 0.1) is 34.2 Å². The van der Waals surface area contributed by atoms with Crippen molar-refractivity contribution in [3.63, 3.8) is 0 Å². The fourth-order valence-electron chi connectivity index (χ4n) is 5.42. The molecule has 1 atom stereocenters. The summed E-state index contributed by atoms with van der Waals surface area (Å²) in [7, 11) is 3.48. The number of primary amides is 1. The van der Waals surface area contributed by atoms with Crippen LogP contribution in [0, 0.1) is 17.6 Å². The lowest BCUT2D eigenvalue weighted by molar-refractivity contribution is -0.116. The van der Waals surface area contributed by atoms with Gasteiger partial charge in [-0.05, 0) is 19.0 Å². The largest absolute Gasteiger partial charge is 0.504 e. The van der Waals surface area contributed by atoms with Crippen molar-refractivity contribution in [1.29, 1.82) is 0 Å². The number of carbonyl (C=O) groups is 2. The van der Waals surface area contributed by atoms with Crippen LogP contribution in [0.2, 0.25) is 5.02 Å². The van der Waals surface area contributed by atoms with E-state index in [2.05, 4.69) is 46.0 Å². The van der Waals surface area contributed by atoms with E-state index < -0.39 is 52.4 Å². The molecule has 4 aromatic rings. The van der Waals surface area contributed by atoms with Gasteiger partial charge in [0, 0.05) is 56.1 Å². The number of aromatic hydroxyl groups is 1. The lowest BCUT2D eigenvalue weighted by Gasteiger charge is -2.43. The van der Waals surface area contributed by atoms with Crippen molar-refractivity contribution in [1.82, 2.24) is 24.0 Å². The third-order valence-corrected chi connectivity index (χ3v) is 8.09. The van der Waals surface area contributed by atoms with Gasteiger partial charge in [-0.15, -0.1) is 0 Å². The summed E-state index contributed by atoms with van der Waals surface area (Å²) in [4.78, 5) is 51.5. The highest BCUT2D eigenvalue weighted by Gasteiger charge is 2.30. The average molecular weight is 629 g/mol. The maximum Gasteiger partial charge on any atom is 0.263 e. The Morgan fingerprint density at radius 3 is 2.57 bits per heavy atom. The zero-order valence-corrected chi connectivity index (χ0v) is 25.2. The second kappa shape index (κ2) is 11.8. The normalized spacial score (nSPS) is 15.7. The summed E-state index contributed by atoms with van der Waals surface area (Å²) >= 11 is 6.40. The molecule has 15 heteroatoms. The van der Waals surface area contributed by atoms with Crippen molar-refractivity contribution in [2.45, 2.75) is 26.4 Å². The fraction of sp³-hybridized carbons (Fsp3) is 0.345. The number of anilines is 2. The molecular formula is C29H31ClF2N8O4. The van der Waals surface area contributed by atoms with Gasteiger partial charge >= 0.3 is 0 Å². The Balaban J connectivity index is 1.51. The molecule has 1 aliphatic rings. The molecule has 1 saturated heterocycles. The monoisotopic (exact) mass is 628 g/mol. The summed E-state index contributed by atoms with van der Waals surface area (Å²) in [6.07, 6.45) is 3.93. The van der Waals surface area contributed by atoms with Crippen LogP contribution in [0.3, 0.4) is 0 Å². The van der Waals surface area contributed by atoms with Gasteiger partial charge in [0.15, 0.2) is 11.6 Å². The number of nitrogens with zero attached hydrogens (tertiary/aromatic N) is 6. The molecule has 0 unspecified atom stereocenters. The molecule has 44 heavy (non-hydrogen) atoms. The van der Waals surface area contributed by atoms with Crippen molar-refractivity contribution in [3.05, 3.63) is 63.4 Å². The van der Waals surface area contributed by atoms with Crippen molar-refractivity contribution in [2.24, 2.45) is 18.7 Å². The lowest BCUT2D eigenvalue weighted by atomic mass is 9.99. The maximum absolute atomic E-state index is 15.1. The molecule has 1 aromatic carbocycles. The summed E-state index contributed by atoms with van der Waals surface area (Å²) < 4.78 is 32.1. The topological polar surface area (TPSA) is 152 Å². The number of aryl methyl sites for hydroxylation is 1. The Kier molecular flexibility index (Phi) is 8.32. The van der Waals surface area contributed by atoms with Gasteiger partial charge in [-0.2, -0.15) is 4.39 Å². The number of nitrogens with two attached hydrogens (primary N) is 1. The van der Waals surface area contributed by atoms with Gasteiger partial charge in [-0.3, -0.25) is 14.4 Å². The fourth-order valence-corrected chi connectivity index (χ4v) is 5.57. The van der Waals surface area contributed by atoms with Gasteiger partial charge in [-0.25, -0.2) is 14.4 Å². The third kappa shape index (κ3) is 5.57. The van der Waals surface area contributed by atoms with Crippen LogP contribution < -0.4 is 21.5 Å². The number of aromatic nitrogens is 4. The van der Waals surface area contributed by atoms with E-state index in [9.17, 15) is 23.9 Å². The predicted octanol–water partition coefficient (Wildman–Crippen LogP) is 2.95. The molecule has 0 radical (unpaired) electrons. The minimum absolute atomic E-state index is 0.00508. The summed E-state index contributed by atoms with van der Waals surface area (Å²) in [5, 5.41) is 12.8. The Hall–Kier alpha value is -4.56. The number of benzene rings is 1. The molecule has 4 N–H and O–H groups in total. The third-order valence-electron chi connectivity index (χ3n) is 7.79. The van der Waals surface area contributed by atoms with E-state index >= 15 is 4.39 Å². The van der Waals surface area contributed by atoms with E-state index in [4.69, 9.17) is 17.3 Å².